The van der Waals surface area contributed by atoms with Crippen molar-refractivity contribution in [1.82, 2.24) is 4.31 Å². The first-order valence-electron chi connectivity index (χ1n) is 8.15. The van der Waals surface area contributed by atoms with Gasteiger partial charge in [0.15, 0.2) is 0 Å². The van der Waals surface area contributed by atoms with Crippen molar-refractivity contribution in [1.29, 1.82) is 0 Å². The lowest BCUT2D eigenvalue weighted by atomic mass is 10.2. The van der Waals surface area contributed by atoms with Gasteiger partial charge in [0.05, 0.1) is 28.7 Å². The first-order valence-corrected chi connectivity index (χ1v) is 9.96. The Bertz CT molecular complexity index is 974. The van der Waals surface area contributed by atoms with Crippen LogP contribution in [-0.4, -0.2) is 45.0 Å². The number of carbonyl (C=O) groups excluding carboxylic acids is 1. The molecular formula is C18H17ClFNO5S. The van der Waals surface area contributed by atoms with Crippen molar-refractivity contribution >= 4 is 27.6 Å². The van der Waals surface area contributed by atoms with Gasteiger partial charge >= 0.3 is 5.97 Å². The molecule has 144 valence electrons. The number of benzene rings is 2. The predicted molar refractivity (Wildman–Crippen MR) is 97.1 cm³/mol. The molecule has 0 spiro atoms. The number of sulfonamides is 1. The van der Waals surface area contributed by atoms with Crippen molar-refractivity contribution in [3.8, 4) is 5.75 Å². The zero-order valence-electron chi connectivity index (χ0n) is 14.4. The summed E-state index contributed by atoms with van der Waals surface area (Å²) in [5.74, 6) is -1.84. The van der Waals surface area contributed by atoms with E-state index in [0.29, 0.717) is 0 Å². The fourth-order valence-electron chi connectivity index (χ4n) is 2.60. The Labute approximate surface area is 161 Å². The van der Waals surface area contributed by atoms with Crippen molar-refractivity contribution in [2.45, 2.75) is 11.8 Å². The van der Waals surface area contributed by atoms with Crippen LogP contribution < -0.4 is 4.74 Å². The van der Waals surface area contributed by atoms with E-state index in [0.717, 1.165) is 23.8 Å². The van der Waals surface area contributed by atoms with Gasteiger partial charge in [-0.1, -0.05) is 17.7 Å². The molecule has 27 heavy (non-hydrogen) atoms. The van der Waals surface area contributed by atoms with Gasteiger partial charge in [-0.3, -0.25) is 0 Å². The van der Waals surface area contributed by atoms with Crippen LogP contribution >= 0.6 is 11.6 Å². The monoisotopic (exact) mass is 413 g/mol. The van der Waals surface area contributed by atoms with Crippen molar-refractivity contribution in [2.75, 3.05) is 26.3 Å². The quantitative estimate of drug-likeness (QED) is 0.569. The topological polar surface area (TPSA) is 72.9 Å². The van der Waals surface area contributed by atoms with Crippen molar-refractivity contribution in [2.24, 2.45) is 0 Å². The zero-order valence-corrected chi connectivity index (χ0v) is 16.0. The van der Waals surface area contributed by atoms with Crippen LogP contribution in [0.5, 0.6) is 5.75 Å². The molecule has 1 aliphatic rings. The Morgan fingerprint density at radius 2 is 1.89 bits per heavy atom. The number of morpholine rings is 1. The lowest BCUT2D eigenvalue weighted by Crippen LogP contribution is -2.40. The van der Waals surface area contributed by atoms with Gasteiger partial charge in [0, 0.05) is 13.1 Å². The Kier molecular flexibility index (Phi) is 5.81. The highest BCUT2D eigenvalue weighted by molar-refractivity contribution is 7.89. The molecule has 0 amide bonds. The van der Waals surface area contributed by atoms with Gasteiger partial charge < -0.3 is 9.47 Å². The zero-order chi connectivity index (χ0) is 19.6. The Morgan fingerprint density at radius 3 is 2.59 bits per heavy atom. The first kappa shape index (κ1) is 19.8. The third kappa shape index (κ3) is 4.30. The molecule has 9 heteroatoms. The molecule has 2 aromatic rings. The highest BCUT2D eigenvalue weighted by Gasteiger charge is 2.28. The standard InChI is InChI=1S/C18H17ClFNO5S/c1-12-2-4-15(19)17(10-12)26-18(22)14-11-13(3-5-16(14)20)27(23,24)21-6-8-25-9-7-21/h2-5,10-11H,6-9H2,1H3. The molecule has 3 rings (SSSR count). The van der Waals surface area contributed by atoms with Crippen LogP contribution in [0.3, 0.4) is 0 Å². The van der Waals surface area contributed by atoms with Crippen molar-refractivity contribution < 1.29 is 27.1 Å². The van der Waals surface area contributed by atoms with Crippen molar-refractivity contribution in [3.63, 3.8) is 0 Å². The average molecular weight is 414 g/mol. The molecule has 0 unspecified atom stereocenters. The lowest BCUT2D eigenvalue weighted by molar-refractivity contribution is 0.0725. The van der Waals surface area contributed by atoms with Gasteiger partial charge in [0.1, 0.15) is 11.6 Å². The molecule has 0 radical (unpaired) electrons. The Balaban J connectivity index is 1.91. The van der Waals surface area contributed by atoms with E-state index in [4.69, 9.17) is 21.1 Å². The van der Waals surface area contributed by atoms with Gasteiger partial charge in [-0.05, 0) is 42.8 Å². The molecule has 1 heterocycles. The Morgan fingerprint density at radius 1 is 1.19 bits per heavy atom. The fraction of sp³-hybridized carbons (Fsp3) is 0.278. The van der Waals surface area contributed by atoms with Gasteiger partial charge in [0.25, 0.3) is 0 Å². The van der Waals surface area contributed by atoms with E-state index in [9.17, 15) is 17.6 Å². The smallest absolute Gasteiger partial charge is 0.346 e. The van der Waals surface area contributed by atoms with E-state index in [-0.39, 0.29) is 42.0 Å². The van der Waals surface area contributed by atoms with Crippen LogP contribution in [0, 0.1) is 12.7 Å². The van der Waals surface area contributed by atoms with Crippen molar-refractivity contribution in [3.05, 3.63) is 58.4 Å². The van der Waals surface area contributed by atoms with Crippen LogP contribution in [0.2, 0.25) is 5.02 Å². The van der Waals surface area contributed by atoms with Crippen LogP contribution in [0.1, 0.15) is 15.9 Å². The Hall–Kier alpha value is -2.00. The molecule has 1 fully saturated rings. The number of hydrogen-bond donors (Lipinski definition) is 0. The molecule has 6 nitrogen and oxygen atoms in total. The van der Waals surface area contributed by atoms with E-state index < -0.39 is 27.4 Å². The predicted octanol–water partition coefficient (Wildman–Crippen LogP) is 3.03. The maximum atomic E-state index is 14.2. The van der Waals surface area contributed by atoms with Crippen LogP contribution in [-0.2, 0) is 14.8 Å². The third-order valence-corrected chi connectivity index (χ3v) is 6.26. The largest absolute Gasteiger partial charge is 0.421 e. The summed E-state index contributed by atoms with van der Waals surface area (Å²) in [6.45, 7) is 2.73. The molecule has 0 atom stereocenters. The number of aryl methyl sites for hydroxylation is 1. The van der Waals surface area contributed by atoms with E-state index >= 15 is 0 Å². The lowest BCUT2D eigenvalue weighted by Gasteiger charge is -2.26. The first-order chi connectivity index (χ1) is 12.8. The normalized spacial score (nSPS) is 15.5. The van der Waals surface area contributed by atoms with Gasteiger partial charge in [-0.25, -0.2) is 17.6 Å². The van der Waals surface area contributed by atoms with E-state index in [1.165, 1.54) is 10.4 Å². The minimum atomic E-state index is -3.87. The summed E-state index contributed by atoms with van der Waals surface area (Å²) >= 11 is 5.99. The summed E-state index contributed by atoms with van der Waals surface area (Å²) in [5, 5.41) is 0.187. The molecular weight excluding hydrogens is 397 g/mol. The number of rotatable bonds is 4. The van der Waals surface area contributed by atoms with E-state index in [1.807, 2.05) is 0 Å². The molecule has 2 aromatic carbocycles. The molecule has 1 aliphatic heterocycles. The maximum Gasteiger partial charge on any atom is 0.346 e. The second-order valence-corrected chi connectivity index (χ2v) is 8.33. The molecule has 0 aliphatic carbocycles. The highest BCUT2D eigenvalue weighted by Crippen LogP contribution is 2.27. The second kappa shape index (κ2) is 7.93. The number of halogens is 2. The summed E-state index contributed by atoms with van der Waals surface area (Å²) in [6, 6.07) is 7.85. The fourth-order valence-corrected chi connectivity index (χ4v) is 4.19. The third-order valence-electron chi connectivity index (χ3n) is 4.05. The minimum absolute atomic E-state index is 0.0718. The number of ether oxygens (including phenoxy) is 2. The van der Waals surface area contributed by atoms with Gasteiger partial charge in [-0.2, -0.15) is 4.31 Å². The summed E-state index contributed by atoms with van der Waals surface area (Å²) < 4.78 is 51.1. The molecule has 0 bridgehead atoms. The SMILES string of the molecule is Cc1ccc(Cl)c(OC(=O)c2cc(S(=O)(=O)N3CCOCC3)ccc2F)c1. The maximum absolute atomic E-state index is 14.2. The molecule has 1 saturated heterocycles. The molecule has 0 N–H and O–H groups in total. The van der Waals surface area contributed by atoms with E-state index in [1.54, 1.807) is 19.1 Å². The second-order valence-electron chi connectivity index (χ2n) is 5.98. The van der Waals surface area contributed by atoms with Crippen LogP contribution in [0.25, 0.3) is 0 Å². The molecule has 0 aromatic heterocycles. The van der Waals surface area contributed by atoms with Gasteiger partial charge in [-0.15, -0.1) is 0 Å². The summed E-state index contributed by atoms with van der Waals surface area (Å²) in [5.41, 5.74) is 0.313. The number of nitrogens with zero attached hydrogens (tertiary/aromatic N) is 1. The van der Waals surface area contributed by atoms with Gasteiger partial charge in [0.2, 0.25) is 10.0 Å². The summed E-state index contributed by atoms with van der Waals surface area (Å²) in [6.07, 6.45) is 0. The minimum Gasteiger partial charge on any atom is -0.421 e. The number of esters is 1. The molecule has 0 saturated carbocycles. The number of carbonyl (C=O) groups is 1. The number of hydrogen-bond acceptors (Lipinski definition) is 5. The van der Waals surface area contributed by atoms with Crippen LogP contribution in [0.15, 0.2) is 41.3 Å². The summed E-state index contributed by atoms with van der Waals surface area (Å²) in [7, 11) is -3.87. The van der Waals surface area contributed by atoms with E-state index in [2.05, 4.69) is 0 Å². The highest BCUT2D eigenvalue weighted by atomic mass is 35.5. The average Bonchev–Trinajstić information content (AvgIpc) is 2.65. The summed E-state index contributed by atoms with van der Waals surface area (Å²) in [4.78, 5) is 12.2. The van der Waals surface area contributed by atoms with Crippen LogP contribution in [0.4, 0.5) is 4.39 Å².